The Morgan fingerprint density at radius 2 is 1.75 bits per heavy atom. The van der Waals surface area contributed by atoms with Crippen LogP contribution in [0, 0.1) is 0 Å². The molecule has 128 valence electrons. The molecule has 0 aliphatic heterocycles. The summed E-state index contributed by atoms with van der Waals surface area (Å²) in [5.74, 6) is 0.751. The molecule has 2 aromatic rings. The Kier molecular flexibility index (Phi) is 6.42. The van der Waals surface area contributed by atoms with E-state index in [9.17, 15) is 4.79 Å². The van der Waals surface area contributed by atoms with Gasteiger partial charge in [-0.05, 0) is 60.7 Å². The maximum Gasteiger partial charge on any atom is 0.203 e. The van der Waals surface area contributed by atoms with Crippen molar-refractivity contribution in [2.45, 2.75) is 52.6 Å². The van der Waals surface area contributed by atoms with E-state index < -0.39 is 6.10 Å². The van der Waals surface area contributed by atoms with Crippen LogP contribution in [0.15, 0.2) is 42.5 Å². The Hall–Kier alpha value is -2.29. The van der Waals surface area contributed by atoms with Crippen LogP contribution >= 0.6 is 0 Å². The summed E-state index contributed by atoms with van der Waals surface area (Å²) in [6.45, 7) is 6.24. The molecule has 0 heterocycles. The van der Waals surface area contributed by atoms with Crippen molar-refractivity contribution in [2.75, 3.05) is 5.73 Å². The zero-order valence-corrected chi connectivity index (χ0v) is 14.8. The van der Waals surface area contributed by atoms with Gasteiger partial charge in [-0.1, -0.05) is 39.3 Å². The lowest BCUT2D eigenvalue weighted by molar-refractivity contribution is 0.0776. The van der Waals surface area contributed by atoms with E-state index >= 15 is 0 Å². The van der Waals surface area contributed by atoms with Gasteiger partial charge in [-0.15, -0.1) is 0 Å². The van der Waals surface area contributed by atoms with E-state index in [0.717, 1.165) is 30.4 Å². The molecule has 0 bridgehead atoms. The molecule has 0 spiro atoms. The first-order valence-electron chi connectivity index (χ1n) is 8.77. The van der Waals surface area contributed by atoms with Crippen LogP contribution < -0.4 is 10.5 Å². The third-order valence-electron chi connectivity index (χ3n) is 4.23. The van der Waals surface area contributed by atoms with Crippen molar-refractivity contribution in [3.05, 3.63) is 59.2 Å². The number of ether oxygens (including phenoxy) is 1. The van der Waals surface area contributed by atoms with Crippen LogP contribution in [-0.2, 0) is 12.8 Å². The van der Waals surface area contributed by atoms with Gasteiger partial charge in [0.05, 0.1) is 0 Å². The maximum absolute atomic E-state index is 13.1. The average Bonchev–Trinajstić information content (AvgIpc) is 2.62. The van der Waals surface area contributed by atoms with E-state index in [1.54, 1.807) is 12.1 Å². The van der Waals surface area contributed by atoms with Crippen LogP contribution in [0.25, 0.3) is 0 Å². The third kappa shape index (κ3) is 4.38. The summed E-state index contributed by atoms with van der Waals surface area (Å²) in [6.07, 6.45) is 2.88. The van der Waals surface area contributed by atoms with Crippen LogP contribution in [0.2, 0.25) is 0 Å². The summed E-state index contributed by atoms with van der Waals surface area (Å²) in [4.78, 5) is 13.1. The van der Waals surface area contributed by atoms with Gasteiger partial charge in [0, 0.05) is 11.3 Å². The van der Waals surface area contributed by atoms with Crippen LogP contribution in [0.1, 0.15) is 55.1 Å². The van der Waals surface area contributed by atoms with Crippen molar-refractivity contribution in [2.24, 2.45) is 0 Å². The van der Waals surface area contributed by atoms with Gasteiger partial charge in [-0.2, -0.15) is 0 Å². The largest absolute Gasteiger partial charge is 0.482 e. The van der Waals surface area contributed by atoms with Crippen molar-refractivity contribution in [3.8, 4) is 5.75 Å². The van der Waals surface area contributed by atoms with Gasteiger partial charge in [0.1, 0.15) is 5.75 Å². The standard InChI is InChI=1S/C21H27NO2/c1-4-7-20(24-18-12-10-17(22)11-13-18)21(23)19-14-15(5-2)8-9-16(19)6-3/h8-14,20H,4-7,22H2,1-3H3. The normalized spacial score (nSPS) is 12.0. The monoisotopic (exact) mass is 325 g/mol. The molecule has 1 atom stereocenters. The van der Waals surface area contributed by atoms with E-state index in [-0.39, 0.29) is 5.78 Å². The number of rotatable bonds is 8. The minimum Gasteiger partial charge on any atom is -0.482 e. The highest BCUT2D eigenvalue weighted by molar-refractivity contribution is 6.01. The summed E-state index contributed by atoms with van der Waals surface area (Å²) < 4.78 is 5.99. The van der Waals surface area contributed by atoms with Gasteiger partial charge in [0.15, 0.2) is 6.10 Å². The molecule has 3 nitrogen and oxygen atoms in total. The molecule has 0 radical (unpaired) electrons. The summed E-state index contributed by atoms with van der Waals surface area (Å²) in [5.41, 5.74) is 9.46. The molecule has 2 N–H and O–H groups in total. The van der Waals surface area contributed by atoms with Crippen LogP contribution in [0.3, 0.4) is 0 Å². The molecule has 0 aliphatic carbocycles. The van der Waals surface area contributed by atoms with E-state index in [1.807, 2.05) is 18.2 Å². The summed E-state index contributed by atoms with van der Waals surface area (Å²) >= 11 is 0. The lowest BCUT2D eigenvalue weighted by atomic mass is 9.94. The van der Waals surface area contributed by atoms with Crippen molar-refractivity contribution >= 4 is 11.5 Å². The molecule has 1 unspecified atom stereocenters. The zero-order valence-electron chi connectivity index (χ0n) is 14.8. The number of carbonyl (C=O) groups excluding carboxylic acids is 1. The van der Waals surface area contributed by atoms with E-state index in [2.05, 4.69) is 32.9 Å². The second-order valence-electron chi connectivity index (χ2n) is 6.03. The van der Waals surface area contributed by atoms with Gasteiger partial charge in [0.25, 0.3) is 0 Å². The lowest BCUT2D eigenvalue weighted by Crippen LogP contribution is -2.28. The fourth-order valence-electron chi connectivity index (χ4n) is 2.77. The van der Waals surface area contributed by atoms with Crippen molar-refractivity contribution in [1.29, 1.82) is 0 Å². The summed E-state index contributed by atoms with van der Waals surface area (Å²) in [6, 6.07) is 13.4. The Morgan fingerprint density at radius 3 is 2.33 bits per heavy atom. The second-order valence-corrected chi connectivity index (χ2v) is 6.03. The smallest absolute Gasteiger partial charge is 0.203 e. The first-order chi connectivity index (χ1) is 11.6. The van der Waals surface area contributed by atoms with Gasteiger partial charge in [-0.25, -0.2) is 0 Å². The van der Waals surface area contributed by atoms with E-state index in [1.165, 1.54) is 5.56 Å². The molecule has 0 fully saturated rings. The summed E-state index contributed by atoms with van der Waals surface area (Å²) in [7, 11) is 0. The Morgan fingerprint density at radius 1 is 1.04 bits per heavy atom. The maximum atomic E-state index is 13.1. The Labute approximate surface area is 144 Å². The molecule has 0 saturated heterocycles. The quantitative estimate of drug-likeness (QED) is 0.559. The summed E-state index contributed by atoms with van der Waals surface area (Å²) in [5, 5.41) is 0. The number of ketones is 1. The number of aryl methyl sites for hydroxylation is 2. The highest BCUT2D eigenvalue weighted by Crippen LogP contribution is 2.22. The second kappa shape index (κ2) is 8.53. The van der Waals surface area contributed by atoms with Crippen LogP contribution in [0.5, 0.6) is 5.75 Å². The predicted molar refractivity (Wildman–Crippen MR) is 99.7 cm³/mol. The number of benzene rings is 2. The molecule has 0 amide bonds. The fraction of sp³-hybridized carbons (Fsp3) is 0.381. The molecular formula is C21H27NO2. The van der Waals surface area contributed by atoms with Crippen LogP contribution in [-0.4, -0.2) is 11.9 Å². The first-order valence-corrected chi connectivity index (χ1v) is 8.77. The number of hydrogen-bond donors (Lipinski definition) is 1. The van der Waals surface area contributed by atoms with E-state index in [0.29, 0.717) is 17.9 Å². The van der Waals surface area contributed by atoms with E-state index in [4.69, 9.17) is 10.5 Å². The number of hydrogen-bond acceptors (Lipinski definition) is 3. The average molecular weight is 325 g/mol. The number of nitrogens with two attached hydrogens (primary N) is 1. The molecule has 2 aromatic carbocycles. The van der Waals surface area contributed by atoms with Gasteiger partial charge in [-0.3, -0.25) is 4.79 Å². The minimum absolute atomic E-state index is 0.0702. The molecule has 0 saturated carbocycles. The number of Topliss-reactive ketones (excluding diaryl/α,β-unsaturated/α-hetero) is 1. The van der Waals surface area contributed by atoms with Gasteiger partial charge >= 0.3 is 0 Å². The van der Waals surface area contributed by atoms with Gasteiger partial charge in [0.2, 0.25) is 5.78 Å². The van der Waals surface area contributed by atoms with Gasteiger partial charge < -0.3 is 10.5 Å². The van der Waals surface area contributed by atoms with Crippen molar-refractivity contribution in [1.82, 2.24) is 0 Å². The van der Waals surface area contributed by atoms with Crippen molar-refractivity contribution in [3.63, 3.8) is 0 Å². The number of anilines is 1. The van der Waals surface area contributed by atoms with Crippen molar-refractivity contribution < 1.29 is 9.53 Å². The first kappa shape index (κ1) is 18.1. The number of nitrogen functional groups attached to an aromatic ring is 1. The zero-order chi connectivity index (χ0) is 17.5. The Balaban J connectivity index is 2.29. The molecule has 24 heavy (non-hydrogen) atoms. The molecule has 3 heteroatoms. The molecule has 2 rings (SSSR count). The SMILES string of the molecule is CCCC(Oc1ccc(N)cc1)C(=O)c1cc(CC)ccc1CC. The highest BCUT2D eigenvalue weighted by Gasteiger charge is 2.23. The Bertz CT molecular complexity index is 677. The minimum atomic E-state index is -0.462. The molecule has 0 aromatic heterocycles. The highest BCUT2D eigenvalue weighted by atomic mass is 16.5. The lowest BCUT2D eigenvalue weighted by Gasteiger charge is -2.19. The molecule has 0 aliphatic rings. The van der Waals surface area contributed by atoms with Crippen LogP contribution in [0.4, 0.5) is 5.69 Å². The fourth-order valence-corrected chi connectivity index (χ4v) is 2.77. The predicted octanol–water partition coefficient (Wildman–Crippen LogP) is 4.82. The molecular weight excluding hydrogens is 298 g/mol. The third-order valence-corrected chi connectivity index (χ3v) is 4.23. The topological polar surface area (TPSA) is 52.3 Å². The number of carbonyl (C=O) groups is 1.